The van der Waals surface area contributed by atoms with Gasteiger partial charge < -0.3 is 20.5 Å². The molecule has 2 aromatic carbocycles. The van der Waals surface area contributed by atoms with Gasteiger partial charge in [0.2, 0.25) is 11.8 Å². The first-order valence-corrected chi connectivity index (χ1v) is 9.80. The molecule has 144 valence electrons. The molecule has 6 nitrogen and oxygen atoms in total. The first-order chi connectivity index (χ1) is 12.7. The summed E-state index contributed by atoms with van der Waals surface area (Å²) in [7, 11) is 1.48. The number of phenols is 1. The van der Waals surface area contributed by atoms with E-state index in [4.69, 9.17) is 4.74 Å². The molecule has 0 aromatic heterocycles. The summed E-state index contributed by atoms with van der Waals surface area (Å²) in [4.78, 5) is 23.1. The molecule has 2 amide bonds. The summed E-state index contributed by atoms with van der Waals surface area (Å²) in [5.74, 6) is 0.706. The summed E-state index contributed by atoms with van der Waals surface area (Å²) in [6.45, 7) is 3.97. The lowest BCUT2D eigenvalue weighted by molar-refractivity contribution is -0.126. The number of carbonyl (C=O) groups excluding carboxylic acids is 2. The Morgan fingerprint density at radius 1 is 1.11 bits per heavy atom. The zero-order chi connectivity index (χ0) is 20.1. The molecule has 2 rings (SSSR count). The normalized spacial score (nSPS) is 10.6. The SMILES string of the molecule is CNC(=O)CC(=O)Nc1cc(Br)c(Oc2ccc(O)c(C(C)C)c2)c(Br)c1. The van der Waals surface area contributed by atoms with Crippen molar-refractivity contribution in [1.82, 2.24) is 5.32 Å². The number of anilines is 1. The number of phenolic OH excluding ortho intramolecular Hbond substituents is 1. The molecule has 0 aliphatic carbocycles. The number of hydrogen-bond donors (Lipinski definition) is 3. The van der Waals surface area contributed by atoms with Crippen molar-refractivity contribution < 1.29 is 19.4 Å². The Bertz CT molecular complexity index is 846. The number of carbonyl (C=O) groups is 2. The number of hydrogen-bond acceptors (Lipinski definition) is 4. The molecule has 0 radical (unpaired) electrons. The highest BCUT2D eigenvalue weighted by atomic mass is 79.9. The molecule has 3 N–H and O–H groups in total. The van der Waals surface area contributed by atoms with Crippen LogP contribution in [0.3, 0.4) is 0 Å². The van der Waals surface area contributed by atoms with Crippen LogP contribution in [-0.2, 0) is 9.59 Å². The van der Waals surface area contributed by atoms with Gasteiger partial charge in [-0.15, -0.1) is 0 Å². The van der Waals surface area contributed by atoms with E-state index in [1.807, 2.05) is 13.8 Å². The van der Waals surface area contributed by atoms with Crippen molar-refractivity contribution in [2.45, 2.75) is 26.2 Å². The summed E-state index contributed by atoms with van der Waals surface area (Å²) in [6.07, 6.45) is -0.254. The Morgan fingerprint density at radius 2 is 1.74 bits per heavy atom. The minimum absolute atomic E-state index is 0.151. The van der Waals surface area contributed by atoms with E-state index in [1.54, 1.807) is 30.3 Å². The van der Waals surface area contributed by atoms with Crippen LogP contribution in [0.25, 0.3) is 0 Å². The highest BCUT2D eigenvalue weighted by molar-refractivity contribution is 9.11. The number of benzene rings is 2. The lowest BCUT2D eigenvalue weighted by Gasteiger charge is -2.15. The fourth-order valence-corrected chi connectivity index (χ4v) is 3.69. The maximum atomic E-state index is 11.9. The van der Waals surface area contributed by atoms with E-state index in [0.717, 1.165) is 5.56 Å². The number of amides is 2. The summed E-state index contributed by atoms with van der Waals surface area (Å²) in [5.41, 5.74) is 1.31. The van der Waals surface area contributed by atoms with Gasteiger partial charge in [0.05, 0.1) is 8.95 Å². The highest BCUT2D eigenvalue weighted by Gasteiger charge is 2.15. The topological polar surface area (TPSA) is 87.7 Å². The molecule has 0 aliphatic heterocycles. The monoisotopic (exact) mass is 498 g/mol. The van der Waals surface area contributed by atoms with E-state index < -0.39 is 5.91 Å². The van der Waals surface area contributed by atoms with Crippen molar-refractivity contribution in [3.63, 3.8) is 0 Å². The lowest BCUT2D eigenvalue weighted by atomic mass is 10.0. The first-order valence-electron chi connectivity index (χ1n) is 8.21. The van der Waals surface area contributed by atoms with E-state index in [1.165, 1.54) is 7.05 Å². The third kappa shape index (κ3) is 5.71. The molecular formula is C19H20Br2N2O4. The van der Waals surface area contributed by atoms with Crippen LogP contribution in [0.5, 0.6) is 17.2 Å². The second-order valence-corrected chi connectivity index (χ2v) is 7.85. The predicted molar refractivity (Wildman–Crippen MR) is 111 cm³/mol. The predicted octanol–water partition coefficient (Wildman–Crippen LogP) is 4.91. The Labute approximate surface area is 174 Å². The largest absolute Gasteiger partial charge is 0.508 e. The van der Waals surface area contributed by atoms with Crippen LogP contribution >= 0.6 is 31.9 Å². The molecule has 0 spiro atoms. The molecule has 0 bridgehead atoms. The summed E-state index contributed by atoms with van der Waals surface area (Å²) >= 11 is 6.87. The molecule has 2 aromatic rings. The van der Waals surface area contributed by atoms with Crippen molar-refractivity contribution in [1.29, 1.82) is 0 Å². The molecule has 0 fully saturated rings. The standard InChI is InChI=1S/C19H20Br2N2O4/c1-10(2)13-8-12(4-5-16(13)24)27-19-14(20)6-11(7-15(19)21)23-18(26)9-17(25)22-3/h4-8,10,24H,9H2,1-3H3,(H,22,25)(H,23,26). The third-order valence-corrected chi connectivity index (χ3v) is 4.90. The smallest absolute Gasteiger partial charge is 0.233 e. The zero-order valence-corrected chi connectivity index (χ0v) is 18.3. The van der Waals surface area contributed by atoms with Gasteiger partial charge in [0.25, 0.3) is 0 Å². The average molecular weight is 500 g/mol. The Hall–Kier alpha value is -2.06. The van der Waals surface area contributed by atoms with Gasteiger partial charge in [0.15, 0.2) is 5.75 Å². The van der Waals surface area contributed by atoms with E-state index >= 15 is 0 Å². The molecule has 0 heterocycles. The Balaban J connectivity index is 2.21. The summed E-state index contributed by atoms with van der Waals surface area (Å²) in [6, 6.07) is 8.44. The van der Waals surface area contributed by atoms with E-state index in [-0.39, 0.29) is 24.0 Å². The van der Waals surface area contributed by atoms with Crippen molar-refractivity contribution in [3.8, 4) is 17.2 Å². The van der Waals surface area contributed by atoms with Gasteiger partial charge in [-0.25, -0.2) is 0 Å². The van der Waals surface area contributed by atoms with Gasteiger partial charge >= 0.3 is 0 Å². The molecule has 27 heavy (non-hydrogen) atoms. The van der Waals surface area contributed by atoms with Gasteiger partial charge in [-0.1, -0.05) is 13.8 Å². The average Bonchev–Trinajstić information content (AvgIpc) is 2.58. The van der Waals surface area contributed by atoms with Crippen LogP contribution < -0.4 is 15.4 Å². The van der Waals surface area contributed by atoms with Crippen molar-refractivity contribution in [2.75, 3.05) is 12.4 Å². The number of ether oxygens (including phenoxy) is 1. The number of aromatic hydroxyl groups is 1. The Kier molecular flexibility index (Phi) is 7.26. The highest BCUT2D eigenvalue weighted by Crippen LogP contribution is 2.40. The molecule has 0 saturated heterocycles. The van der Waals surface area contributed by atoms with Crippen molar-refractivity contribution in [2.24, 2.45) is 0 Å². The van der Waals surface area contributed by atoms with Gasteiger partial charge in [-0.05, 0) is 68.1 Å². The number of halogens is 2. The fourth-order valence-electron chi connectivity index (χ4n) is 2.35. The second-order valence-electron chi connectivity index (χ2n) is 6.14. The molecule has 0 aliphatic rings. The van der Waals surface area contributed by atoms with Crippen molar-refractivity contribution in [3.05, 3.63) is 44.8 Å². The van der Waals surface area contributed by atoms with E-state index in [0.29, 0.717) is 26.1 Å². The van der Waals surface area contributed by atoms with Gasteiger partial charge in [0, 0.05) is 18.3 Å². The molecule has 0 unspecified atom stereocenters. The fraction of sp³-hybridized carbons (Fsp3) is 0.263. The third-order valence-electron chi connectivity index (χ3n) is 3.72. The van der Waals surface area contributed by atoms with Crippen molar-refractivity contribution >= 4 is 49.4 Å². The van der Waals surface area contributed by atoms with Crippen LogP contribution in [0, 0.1) is 0 Å². The molecule has 8 heteroatoms. The minimum atomic E-state index is -0.415. The van der Waals surface area contributed by atoms with Crippen LogP contribution in [0.4, 0.5) is 5.69 Å². The van der Waals surface area contributed by atoms with Gasteiger partial charge in [-0.3, -0.25) is 9.59 Å². The van der Waals surface area contributed by atoms with E-state index in [9.17, 15) is 14.7 Å². The summed E-state index contributed by atoms with van der Waals surface area (Å²) < 4.78 is 7.18. The van der Waals surface area contributed by atoms with Gasteiger partial charge in [0.1, 0.15) is 17.9 Å². The number of nitrogens with one attached hydrogen (secondary N) is 2. The molecular weight excluding hydrogens is 480 g/mol. The van der Waals surface area contributed by atoms with Crippen LogP contribution in [0.2, 0.25) is 0 Å². The molecule has 0 saturated carbocycles. The molecule has 0 atom stereocenters. The Morgan fingerprint density at radius 3 is 2.30 bits per heavy atom. The van der Waals surface area contributed by atoms with Crippen LogP contribution in [0.1, 0.15) is 31.7 Å². The summed E-state index contributed by atoms with van der Waals surface area (Å²) in [5, 5.41) is 15.0. The first kappa shape index (κ1) is 21.2. The van der Waals surface area contributed by atoms with Gasteiger partial charge in [-0.2, -0.15) is 0 Å². The minimum Gasteiger partial charge on any atom is -0.508 e. The van der Waals surface area contributed by atoms with E-state index in [2.05, 4.69) is 42.5 Å². The quantitative estimate of drug-likeness (QED) is 0.493. The van der Waals surface area contributed by atoms with Crippen LogP contribution in [-0.4, -0.2) is 24.0 Å². The number of rotatable bonds is 6. The lowest BCUT2D eigenvalue weighted by Crippen LogP contribution is -2.24. The maximum absolute atomic E-state index is 11.9. The maximum Gasteiger partial charge on any atom is 0.233 e. The zero-order valence-electron chi connectivity index (χ0n) is 15.1. The van der Waals surface area contributed by atoms with Crippen LogP contribution in [0.15, 0.2) is 39.3 Å². The second kappa shape index (κ2) is 9.23.